The van der Waals surface area contributed by atoms with Gasteiger partial charge in [0.1, 0.15) is 5.58 Å². The third-order valence-electron chi connectivity index (χ3n) is 12.8. The molecule has 0 saturated carbocycles. The average Bonchev–Trinajstić information content (AvgIpc) is 3.92. The van der Waals surface area contributed by atoms with Crippen molar-refractivity contribution in [2.24, 2.45) is 0 Å². The highest BCUT2D eigenvalue weighted by molar-refractivity contribution is 6.13. The normalized spacial score (nSPS) is 13.0. The second kappa shape index (κ2) is 13.2. The van der Waals surface area contributed by atoms with Crippen molar-refractivity contribution in [2.75, 3.05) is 4.90 Å². The maximum absolute atomic E-state index is 6.53. The molecule has 0 unspecified atom stereocenters. The zero-order valence-electron chi connectivity index (χ0n) is 33.4. The lowest BCUT2D eigenvalue weighted by Crippen LogP contribution is -2.16. The molecule has 284 valence electrons. The van der Waals surface area contributed by atoms with Crippen LogP contribution in [-0.2, 0) is 5.41 Å². The molecule has 0 spiro atoms. The second-order valence-electron chi connectivity index (χ2n) is 16.5. The van der Waals surface area contributed by atoms with E-state index in [9.17, 15) is 0 Å². The predicted molar refractivity (Wildman–Crippen MR) is 251 cm³/mol. The number of para-hydroxylation sites is 4. The fourth-order valence-corrected chi connectivity index (χ4v) is 9.82. The van der Waals surface area contributed by atoms with E-state index in [1.54, 1.807) is 0 Å². The van der Waals surface area contributed by atoms with E-state index in [0.29, 0.717) is 0 Å². The van der Waals surface area contributed by atoms with Crippen LogP contribution in [0.5, 0.6) is 0 Å². The summed E-state index contributed by atoms with van der Waals surface area (Å²) in [5.41, 5.74) is 18.6. The van der Waals surface area contributed by atoms with Gasteiger partial charge < -0.3 is 13.9 Å². The maximum Gasteiger partial charge on any atom is 0.159 e. The molecule has 12 rings (SSSR count). The van der Waals surface area contributed by atoms with Gasteiger partial charge in [0.25, 0.3) is 0 Å². The number of rotatable bonds is 6. The number of aromatic nitrogens is 1. The van der Waals surface area contributed by atoms with Gasteiger partial charge in [0.15, 0.2) is 5.58 Å². The molecule has 9 aromatic carbocycles. The van der Waals surface area contributed by atoms with Gasteiger partial charge in [-0.15, -0.1) is 0 Å². The molecule has 2 heterocycles. The van der Waals surface area contributed by atoms with E-state index < -0.39 is 0 Å². The predicted octanol–water partition coefficient (Wildman–Crippen LogP) is 15.8. The first-order valence-corrected chi connectivity index (χ1v) is 20.8. The molecule has 0 amide bonds. The van der Waals surface area contributed by atoms with Crippen molar-refractivity contribution in [3.05, 3.63) is 217 Å². The third-order valence-corrected chi connectivity index (χ3v) is 12.8. The number of hydrogen-bond donors (Lipinski definition) is 0. The van der Waals surface area contributed by atoms with Crippen molar-refractivity contribution >= 4 is 60.8 Å². The minimum absolute atomic E-state index is 0.155. The Kier molecular flexibility index (Phi) is 7.58. The number of hydrogen-bond acceptors (Lipinski definition) is 2. The number of furan rings is 1. The molecule has 60 heavy (non-hydrogen) atoms. The van der Waals surface area contributed by atoms with E-state index in [-0.39, 0.29) is 5.41 Å². The first-order valence-electron chi connectivity index (χ1n) is 20.8. The third kappa shape index (κ3) is 5.22. The van der Waals surface area contributed by atoms with Gasteiger partial charge >= 0.3 is 0 Å². The smallest absolute Gasteiger partial charge is 0.159 e. The van der Waals surface area contributed by atoms with Gasteiger partial charge in [0, 0.05) is 44.0 Å². The van der Waals surface area contributed by atoms with Gasteiger partial charge in [-0.1, -0.05) is 147 Å². The zero-order chi connectivity index (χ0) is 40.0. The largest absolute Gasteiger partial charge is 0.454 e. The van der Waals surface area contributed by atoms with Crippen LogP contribution < -0.4 is 4.90 Å². The Hall–Kier alpha value is -7.62. The minimum Gasteiger partial charge on any atom is -0.454 e. The molecule has 0 radical (unpaired) electrons. The molecular formula is C57H40N2O. The average molecular weight is 769 g/mol. The molecule has 2 aromatic heterocycles. The first kappa shape index (κ1) is 34.4. The van der Waals surface area contributed by atoms with Crippen LogP contribution in [-0.4, -0.2) is 4.57 Å². The summed E-state index contributed by atoms with van der Waals surface area (Å²) in [6, 6.07) is 74.8. The highest BCUT2D eigenvalue weighted by atomic mass is 16.3. The van der Waals surface area contributed by atoms with Crippen molar-refractivity contribution in [2.45, 2.75) is 19.3 Å². The quantitative estimate of drug-likeness (QED) is 0.168. The van der Waals surface area contributed by atoms with Gasteiger partial charge in [-0.05, 0) is 117 Å². The molecule has 0 atom stereocenters. The van der Waals surface area contributed by atoms with E-state index in [1.165, 1.54) is 55.3 Å². The molecule has 0 aliphatic heterocycles. The minimum atomic E-state index is -0.155. The maximum atomic E-state index is 6.53. The summed E-state index contributed by atoms with van der Waals surface area (Å²) >= 11 is 0. The molecule has 0 bridgehead atoms. The topological polar surface area (TPSA) is 21.3 Å². The molecule has 0 N–H and O–H groups in total. The van der Waals surface area contributed by atoms with Gasteiger partial charge in [0.2, 0.25) is 0 Å². The summed E-state index contributed by atoms with van der Waals surface area (Å²) in [5.74, 6) is 0. The van der Waals surface area contributed by atoms with Crippen LogP contribution in [0, 0.1) is 0 Å². The summed E-state index contributed by atoms with van der Waals surface area (Å²) in [6.07, 6.45) is 0. The lowest BCUT2D eigenvalue weighted by molar-refractivity contribution is 0.660. The first-order chi connectivity index (χ1) is 29.5. The number of nitrogens with zero attached hydrogens (tertiary/aromatic N) is 2. The Morgan fingerprint density at radius 2 is 0.967 bits per heavy atom. The van der Waals surface area contributed by atoms with E-state index >= 15 is 0 Å². The summed E-state index contributed by atoms with van der Waals surface area (Å²) in [4.78, 5) is 2.38. The summed E-state index contributed by atoms with van der Waals surface area (Å²) in [7, 11) is 0. The monoisotopic (exact) mass is 768 g/mol. The molecule has 1 aliphatic carbocycles. The van der Waals surface area contributed by atoms with Crippen LogP contribution >= 0.6 is 0 Å². The zero-order valence-corrected chi connectivity index (χ0v) is 33.4. The van der Waals surface area contributed by atoms with Crippen LogP contribution in [0.15, 0.2) is 211 Å². The number of benzene rings is 9. The summed E-state index contributed by atoms with van der Waals surface area (Å²) in [5, 5.41) is 4.69. The molecule has 11 aromatic rings. The SMILES string of the molecule is CC1(C)c2cc(-c3ccccc3)ccc2-c2ccc(N(c3ccccc3)c3ccc(-c4ccc5c(c4)c4ccccc4n5-c4cccc5c4oc4ccccc45)cc3)cc21. The highest BCUT2D eigenvalue weighted by Crippen LogP contribution is 2.52. The lowest BCUT2D eigenvalue weighted by atomic mass is 9.81. The standard InChI is InChI=1S/C57H40N2O/c1-57(2)50-35-40(37-14-5-3-6-15-37)26-31-44(50)45-32-30-43(36-51(45)57)58(41-16-7-4-8-17-41)42-28-24-38(25-29-42)39-27-33-53-49(34-39)46-18-9-11-21-52(46)59(53)54-22-13-20-48-47-19-10-12-23-55(47)60-56(48)54/h3-36H,1-2H3. The molecule has 0 fully saturated rings. The van der Waals surface area contributed by atoms with Crippen LogP contribution in [0.4, 0.5) is 17.1 Å². The highest BCUT2D eigenvalue weighted by Gasteiger charge is 2.36. The molecule has 0 saturated heterocycles. The fraction of sp³-hybridized carbons (Fsp3) is 0.0526. The van der Waals surface area contributed by atoms with E-state index in [4.69, 9.17) is 4.42 Å². The Bertz CT molecular complexity index is 3450. The lowest BCUT2D eigenvalue weighted by Gasteiger charge is -2.28. The van der Waals surface area contributed by atoms with E-state index in [2.05, 4.69) is 224 Å². The van der Waals surface area contributed by atoms with Crippen LogP contribution in [0.1, 0.15) is 25.0 Å². The van der Waals surface area contributed by atoms with Crippen molar-refractivity contribution < 1.29 is 4.42 Å². The number of fused-ring (bicyclic) bond motifs is 9. The molecule has 1 aliphatic rings. The Labute approximate surface area is 349 Å². The van der Waals surface area contributed by atoms with Crippen molar-refractivity contribution in [1.29, 1.82) is 0 Å². The van der Waals surface area contributed by atoms with Crippen LogP contribution in [0.3, 0.4) is 0 Å². The van der Waals surface area contributed by atoms with Gasteiger partial charge in [0.05, 0.1) is 16.7 Å². The number of anilines is 3. The Morgan fingerprint density at radius 3 is 1.78 bits per heavy atom. The second-order valence-corrected chi connectivity index (χ2v) is 16.5. The van der Waals surface area contributed by atoms with Crippen molar-refractivity contribution in [1.82, 2.24) is 4.57 Å². The van der Waals surface area contributed by atoms with Gasteiger partial charge in [-0.3, -0.25) is 0 Å². The van der Waals surface area contributed by atoms with Gasteiger partial charge in [-0.2, -0.15) is 0 Å². The molecule has 3 nitrogen and oxygen atoms in total. The van der Waals surface area contributed by atoms with Crippen LogP contribution in [0.25, 0.3) is 82.8 Å². The fourth-order valence-electron chi connectivity index (χ4n) is 9.82. The summed E-state index contributed by atoms with van der Waals surface area (Å²) < 4.78 is 8.89. The van der Waals surface area contributed by atoms with Crippen molar-refractivity contribution in [3.8, 4) is 39.1 Å². The van der Waals surface area contributed by atoms with Crippen molar-refractivity contribution in [3.63, 3.8) is 0 Å². The van der Waals surface area contributed by atoms with Crippen LogP contribution in [0.2, 0.25) is 0 Å². The Balaban J connectivity index is 0.931. The van der Waals surface area contributed by atoms with E-state index in [1.807, 2.05) is 6.07 Å². The van der Waals surface area contributed by atoms with Gasteiger partial charge in [-0.25, -0.2) is 0 Å². The molecular weight excluding hydrogens is 729 g/mol. The molecule has 3 heteroatoms. The van der Waals surface area contributed by atoms with E-state index in [0.717, 1.165) is 55.7 Å². The Morgan fingerprint density at radius 1 is 0.400 bits per heavy atom. The summed E-state index contributed by atoms with van der Waals surface area (Å²) in [6.45, 7) is 4.73.